The molecule has 2 amide bonds. The third kappa shape index (κ3) is 4.30. The van der Waals surface area contributed by atoms with Crippen molar-refractivity contribution in [3.8, 4) is 5.75 Å². The van der Waals surface area contributed by atoms with Crippen molar-refractivity contribution >= 4 is 11.7 Å². The maximum Gasteiger partial charge on any atom is 0.418 e. The zero-order valence-electron chi connectivity index (χ0n) is 10.9. The number of halogens is 3. The molecule has 3 N–H and O–H groups in total. The number of amides is 2. The van der Waals surface area contributed by atoms with Gasteiger partial charge in [0.1, 0.15) is 5.75 Å². The minimum Gasteiger partial charge on any atom is -0.497 e. The molecule has 1 rings (SSSR count). The molecule has 0 aliphatic rings. The van der Waals surface area contributed by atoms with Gasteiger partial charge in [0.25, 0.3) is 0 Å². The van der Waals surface area contributed by atoms with Gasteiger partial charge in [-0.05, 0) is 25.1 Å². The molecule has 0 radical (unpaired) electrons. The summed E-state index contributed by atoms with van der Waals surface area (Å²) in [4.78, 5) is 11.5. The number of nitrogens with one attached hydrogen (secondary N) is 2. The van der Waals surface area contributed by atoms with Crippen LogP contribution in [0.15, 0.2) is 18.2 Å². The molecule has 0 spiro atoms. The van der Waals surface area contributed by atoms with Crippen molar-refractivity contribution in [3.63, 3.8) is 0 Å². The molecule has 112 valence electrons. The van der Waals surface area contributed by atoms with Crippen LogP contribution in [0, 0.1) is 0 Å². The highest BCUT2D eigenvalue weighted by Gasteiger charge is 2.34. The van der Waals surface area contributed by atoms with Crippen molar-refractivity contribution in [1.82, 2.24) is 5.32 Å². The smallest absolute Gasteiger partial charge is 0.418 e. The van der Waals surface area contributed by atoms with E-state index in [0.717, 1.165) is 12.1 Å². The van der Waals surface area contributed by atoms with Crippen LogP contribution in [-0.2, 0) is 6.18 Å². The third-order valence-electron chi connectivity index (χ3n) is 2.43. The number of urea groups is 1. The summed E-state index contributed by atoms with van der Waals surface area (Å²) in [7, 11) is 1.25. The molecule has 0 fully saturated rings. The quantitative estimate of drug-likeness (QED) is 0.797. The van der Waals surface area contributed by atoms with E-state index >= 15 is 0 Å². The summed E-state index contributed by atoms with van der Waals surface area (Å²) in [5.74, 6) is 0.0343. The Bertz CT molecular complexity index is 478. The Hall–Kier alpha value is -1.96. The Morgan fingerprint density at radius 3 is 2.60 bits per heavy atom. The number of anilines is 1. The predicted octanol–water partition coefficient (Wildman–Crippen LogP) is 2.22. The SMILES string of the molecule is COc1ccc(NC(=O)N[C@H](C)CO)c(C(F)(F)F)c1. The predicted molar refractivity (Wildman–Crippen MR) is 66.7 cm³/mol. The van der Waals surface area contributed by atoms with Gasteiger partial charge in [-0.25, -0.2) is 4.79 Å². The number of ether oxygens (including phenoxy) is 1. The molecule has 0 aromatic heterocycles. The number of carbonyl (C=O) groups excluding carboxylic acids is 1. The van der Waals surface area contributed by atoms with Crippen molar-refractivity contribution < 1.29 is 27.8 Å². The minimum atomic E-state index is -4.63. The Kier molecular flexibility index (Phi) is 5.20. The van der Waals surface area contributed by atoms with Crippen molar-refractivity contribution in [2.45, 2.75) is 19.1 Å². The van der Waals surface area contributed by atoms with Gasteiger partial charge in [-0.3, -0.25) is 0 Å². The number of benzene rings is 1. The molecule has 0 heterocycles. The van der Waals surface area contributed by atoms with Crippen molar-refractivity contribution in [2.24, 2.45) is 0 Å². The maximum absolute atomic E-state index is 12.9. The molecular formula is C12H15F3N2O3. The van der Waals surface area contributed by atoms with Crippen LogP contribution in [0.3, 0.4) is 0 Å². The minimum absolute atomic E-state index is 0.0343. The monoisotopic (exact) mass is 292 g/mol. The fourth-order valence-corrected chi connectivity index (χ4v) is 1.42. The average molecular weight is 292 g/mol. The largest absolute Gasteiger partial charge is 0.497 e. The van der Waals surface area contributed by atoms with E-state index in [1.165, 1.54) is 20.1 Å². The molecule has 0 saturated carbocycles. The number of rotatable bonds is 4. The van der Waals surface area contributed by atoms with Crippen LogP contribution in [0.2, 0.25) is 0 Å². The molecule has 1 atom stereocenters. The highest BCUT2D eigenvalue weighted by Crippen LogP contribution is 2.37. The van der Waals surface area contributed by atoms with Gasteiger partial charge in [-0.2, -0.15) is 13.2 Å². The second-order valence-electron chi connectivity index (χ2n) is 4.09. The van der Waals surface area contributed by atoms with Gasteiger partial charge in [0.15, 0.2) is 0 Å². The van der Waals surface area contributed by atoms with E-state index in [4.69, 9.17) is 9.84 Å². The zero-order chi connectivity index (χ0) is 15.3. The summed E-state index contributed by atoms with van der Waals surface area (Å²) < 4.78 is 43.4. The van der Waals surface area contributed by atoms with Gasteiger partial charge >= 0.3 is 12.2 Å². The van der Waals surface area contributed by atoms with E-state index in [-0.39, 0.29) is 18.0 Å². The lowest BCUT2D eigenvalue weighted by Crippen LogP contribution is -2.38. The first-order chi connectivity index (χ1) is 9.27. The second-order valence-corrected chi connectivity index (χ2v) is 4.09. The Morgan fingerprint density at radius 1 is 1.45 bits per heavy atom. The highest BCUT2D eigenvalue weighted by molar-refractivity contribution is 5.90. The standard InChI is InChI=1S/C12H15F3N2O3/c1-7(6-18)16-11(19)17-10-4-3-8(20-2)5-9(10)12(13,14)15/h3-5,7,18H,6H2,1-2H3,(H2,16,17,19)/t7-/m1/s1. The summed E-state index contributed by atoms with van der Waals surface area (Å²) in [6, 6.07) is 1.81. The van der Waals surface area contributed by atoms with Crippen LogP contribution in [0.5, 0.6) is 5.75 Å². The topological polar surface area (TPSA) is 70.6 Å². The lowest BCUT2D eigenvalue weighted by atomic mass is 10.1. The van der Waals surface area contributed by atoms with E-state index in [9.17, 15) is 18.0 Å². The molecule has 0 bridgehead atoms. The summed E-state index contributed by atoms with van der Waals surface area (Å²) in [6.45, 7) is 1.19. The normalized spacial score (nSPS) is 12.7. The number of carbonyl (C=O) groups is 1. The Balaban J connectivity index is 2.97. The van der Waals surface area contributed by atoms with Crippen LogP contribution < -0.4 is 15.4 Å². The molecule has 0 aliphatic carbocycles. The molecule has 0 saturated heterocycles. The van der Waals surface area contributed by atoms with E-state index in [0.29, 0.717) is 0 Å². The van der Waals surface area contributed by atoms with Gasteiger partial charge in [0.05, 0.1) is 31.0 Å². The summed E-state index contributed by atoms with van der Waals surface area (Å²) in [6.07, 6.45) is -4.63. The average Bonchev–Trinajstić information content (AvgIpc) is 2.37. The van der Waals surface area contributed by atoms with Crippen molar-refractivity contribution in [2.75, 3.05) is 19.0 Å². The number of hydrogen-bond donors (Lipinski definition) is 3. The van der Waals surface area contributed by atoms with Crippen molar-refractivity contribution in [3.05, 3.63) is 23.8 Å². The van der Waals surface area contributed by atoms with Gasteiger partial charge in [0, 0.05) is 0 Å². The molecule has 1 aromatic rings. The van der Waals surface area contributed by atoms with E-state index in [1.807, 2.05) is 0 Å². The molecule has 0 unspecified atom stereocenters. The summed E-state index contributed by atoms with van der Waals surface area (Å²) >= 11 is 0. The number of aliphatic hydroxyl groups is 1. The summed E-state index contributed by atoms with van der Waals surface area (Å²) in [5, 5.41) is 13.1. The highest BCUT2D eigenvalue weighted by atomic mass is 19.4. The molecule has 8 heteroatoms. The van der Waals surface area contributed by atoms with Crippen LogP contribution in [-0.4, -0.2) is 30.9 Å². The fraction of sp³-hybridized carbons (Fsp3) is 0.417. The third-order valence-corrected chi connectivity index (χ3v) is 2.43. The van der Waals surface area contributed by atoms with E-state index in [1.54, 1.807) is 0 Å². The summed E-state index contributed by atoms with van der Waals surface area (Å²) in [5.41, 5.74) is -1.40. The molecule has 5 nitrogen and oxygen atoms in total. The second kappa shape index (κ2) is 6.47. The Morgan fingerprint density at radius 2 is 2.10 bits per heavy atom. The van der Waals surface area contributed by atoms with E-state index in [2.05, 4.69) is 10.6 Å². The van der Waals surface area contributed by atoms with Crippen LogP contribution in [0.4, 0.5) is 23.7 Å². The van der Waals surface area contributed by atoms with Crippen LogP contribution in [0.1, 0.15) is 12.5 Å². The van der Waals surface area contributed by atoms with Gasteiger partial charge in [-0.15, -0.1) is 0 Å². The van der Waals surface area contributed by atoms with Crippen molar-refractivity contribution in [1.29, 1.82) is 0 Å². The number of hydrogen-bond acceptors (Lipinski definition) is 3. The molecule has 1 aromatic carbocycles. The lowest BCUT2D eigenvalue weighted by molar-refractivity contribution is -0.137. The number of aliphatic hydroxyl groups excluding tert-OH is 1. The van der Waals surface area contributed by atoms with Gasteiger partial charge in [0.2, 0.25) is 0 Å². The molecule has 0 aliphatic heterocycles. The molecule has 20 heavy (non-hydrogen) atoms. The van der Waals surface area contributed by atoms with E-state index < -0.39 is 23.8 Å². The first-order valence-electron chi connectivity index (χ1n) is 5.71. The number of methoxy groups -OCH3 is 1. The fourth-order valence-electron chi connectivity index (χ4n) is 1.42. The Labute approximate surface area is 113 Å². The first kappa shape index (κ1) is 16.1. The maximum atomic E-state index is 12.9. The number of alkyl halides is 3. The van der Waals surface area contributed by atoms with Crippen LogP contribution in [0.25, 0.3) is 0 Å². The molecular weight excluding hydrogens is 277 g/mol. The van der Waals surface area contributed by atoms with Gasteiger partial charge < -0.3 is 20.5 Å². The first-order valence-corrected chi connectivity index (χ1v) is 5.71. The zero-order valence-corrected chi connectivity index (χ0v) is 10.9. The lowest BCUT2D eigenvalue weighted by Gasteiger charge is -2.16. The van der Waals surface area contributed by atoms with Crippen LogP contribution >= 0.6 is 0 Å². The van der Waals surface area contributed by atoms with Gasteiger partial charge in [-0.1, -0.05) is 0 Å².